The van der Waals surface area contributed by atoms with Crippen molar-refractivity contribution in [3.05, 3.63) is 70.3 Å². The van der Waals surface area contributed by atoms with Gasteiger partial charge in [-0.1, -0.05) is 61.5 Å². The molecule has 0 bridgehead atoms. The summed E-state index contributed by atoms with van der Waals surface area (Å²) in [5.41, 5.74) is 1.21. The fourth-order valence-corrected chi connectivity index (χ4v) is 6.52. The summed E-state index contributed by atoms with van der Waals surface area (Å²) in [6, 6.07) is 12.8. The zero-order chi connectivity index (χ0) is 23.6. The Morgan fingerprint density at radius 1 is 0.969 bits per heavy atom. The second-order valence-corrected chi connectivity index (χ2v) is 10.5. The minimum atomic E-state index is -4.26. The van der Waals surface area contributed by atoms with E-state index in [-0.39, 0.29) is 21.4 Å². The van der Waals surface area contributed by atoms with Gasteiger partial charge in [0.25, 0.3) is 10.0 Å². The van der Waals surface area contributed by atoms with E-state index in [1.807, 2.05) is 20.8 Å². The molecule has 1 heterocycles. The van der Waals surface area contributed by atoms with Crippen LogP contribution in [0.15, 0.2) is 68.9 Å². The third-order valence-corrected chi connectivity index (χ3v) is 8.05. The Kier molecular flexibility index (Phi) is 7.00. The van der Waals surface area contributed by atoms with Crippen LogP contribution in [0.1, 0.15) is 31.0 Å². The highest BCUT2D eigenvalue weighted by Crippen LogP contribution is 2.47. The second-order valence-electron chi connectivity index (χ2n) is 7.60. The molecule has 0 unspecified atom stereocenters. The van der Waals surface area contributed by atoms with Gasteiger partial charge in [-0.25, -0.2) is 22.3 Å². The summed E-state index contributed by atoms with van der Waals surface area (Å²) in [6.45, 7) is 5.57. The molecule has 0 radical (unpaired) electrons. The van der Waals surface area contributed by atoms with Crippen molar-refractivity contribution in [3.63, 3.8) is 0 Å². The number of benzene rings is 2. The Bertz CT molecular complexity index is 1170. The highest BCUT2D eigenvalue weighted by Gasteiger charge is 2.45. The molecule has 1 aliphatic rings. The Hall–Kier alpha value is -2.78. The summed E-state index contributed by atoms with van der Waals surface area (Å²) in [7, 11) is -1.94. The standard InChI is InChI=1S/C23H25NO6S2/c1-14(2)19-17-8-6-7-9-18(17)31-21(23(26)30-5)20(22(25)29-4)24(19)32(27,28)16-12-10-15(3)11-13-16/h6-14,19H,1-5H3/t19-/m1/s1. The van der Waals surface area contributed by atoms with Crippen LogP contribution >= 0.6 is 11.8 Å². The SMILES string of the molecule is COC(=O)C1=C(C(=O)OC)N(S(=O)(=O)c2ccc(C)cc2)[C@H](C(C)C)c2ccccc2S1. The molecule has 3 rings (SSSR count). The third-order valence-electron chi connectivity index (χ3n) is 5.10. The maximum atomic E-state index is 14.0. The summed E-state index contributed by atoms with van der Waals surface area (Å²) < 4.78 is 38.9. The Labute approximate surface area is 192 Å². The molecule has 0 saturated carbocycles. The summed E-state index contributed by atoms with van der Waals surface area (Å²) in [5.74, 6) is -2.00. The smallest absolute Gasteiger partial charge is 0.356 e. The van der Waals surface area contributed by atoms with Gasteiger partial charge in [-0.3, -0.25) is 0 Å². The molecule has 1 atom stereocenters. The van der Waals surface area contributed by atoms with Crippen molar-refractivity contribution in [1.82, 2.24) is 4.31 Å². The largest absolute Gasteiger partial charge is 0.465 e. The number of rotatable bonds is 5. The second kappa shape index (κ2) is 9.38. The molecule has 7 nitrogen and oxygen atoms in total. The van der Waals surface area contributed by atoms with Crippen molar-refractivity contribution in [2.24, 2.45) is 5.92 Å². The number of esters is 2. The van der Waals surface area contributed by atoms with Gasteiger partial charge in [-0.15, -0.1) is 0 Å². The number of carbonyl (C=O) groups is 2. The summed E-state index contributed by atoms with van der Waals surface area (Å²) >= 11 is 0.999. The van der Waals surface area contributed by atoms with Crippen molar-refractivity contribution < 1.29 is 27.5 Å². The van der Waals surface area contributed by atoms with Crippen LogP contribution in [0.25, 0.3) is 0 Å². The van der Waals surface area contributed by atoms with E-state index in [2.05, 4.69) is 0 Å². The molecule has 0 N–H and O–H groups in total. The number of thioether (sulfide) groups is 1. The monoisotopic (exact) mass is 475 g/mol. The summed E-state index contributed by atoms with van der Waals surface area (Å²) in [5, 5.41) is 0. The van der Waals surface area contributed by atoms with E-state index in [9.17, 15) is 18.0 Å². The first-order valence-electron chi connectivity index (χ1n) is 9.92. The van der Waals surface area contributed by atoms with Crippen LogP contribution in [0.4, 0.5) is 0 Å². The molecule has 0 fully saturated rings. The number of hydrogen-bond acceptors (Lipinski definition) is 7. The van der Waals surface area contributed by atoms with Crippen LogP contribution < -0.4 is 0 Å². The first-order chi connectivity index (χ1) is 15.1. The lowest BCUT2D eigenvalue weighted by Crippen LogP contribution is -2.40. The quantitative estimate of drug-likeness (QED) is 0.603. The molecule has 170 valence electrons. The zero-order valence-corrected chi connectivity index (χ0v) is 20.1. The van der Waals surface area contributed by atoms with Crippen molar-refractivity contribution in [3.8, 4) is 0 Å². The lowest BCUT2D eigenvalue weighted by molar-refractivity contribution is -0.140. The van der Waals surface area contributed by atoms with Gasteiger partial charge < -0.3 is 9.47 Å². The fourth-order valence-electron chi connectivity index (χ4n) is 3.58. The van der Waals surface area contributed by atoms with Crippen molar-refractivity contribution in [2.45, 2.75) is 36.6 Å². The number of aryl methyl sites for hydroxylation is 1. The van der Waals surface area contributed by atoms with Crippen LogP contribution in [-0.4, -0.2) is 38.9 Å². The van der Waals surface area contributed by atoms with E-state index in [1.165, 1.54) is 19.2 Å². The number of carbonyl (C=O) groups excluding carboxylic acids is 2. The Morgan fingerprint density at radius 3 is 2.12 bits per heavy atom. The first-order valence-corrected chi connectivity index (χ1v) is 12.2. The first kappa shape index (κ1) is 23.9. The molecule has 2 aromatic carbocycles. The van der Waals surface area contributed by atoms with E-state index in [1.54, 1.807) is 36.4 Å². The van der Waals surface area contributed by atoms with Gasteiger partial charge in [0.2, 0.25) is 0 Å². The molecule has 0 amide bonds. The minimum absolute atomic E-state index is 0.00347. The fraction of sp³-hybridized carbons (Fsp3) is 0.304. The van der Waals surface area contributed by atoms with Crippen molar-refractivity contribution >= 4 is 33.7 Å². The van der Waals surface area contributed by atoms with E-state index in [4.69, 9.17) is 9.47 Å². The zero-order valence-electron chi connectivity index (χ0n) is 18.5. The normalized spacial score (nSPS) is 16.4. The highest BCUT2D eigenvalue weighted by molar-refractivity contribution is 8.04. The average molecular weight is 476 g/mol. The predicted octanol–water partition coefficient (Wildman–Crippen LogP) is 4.05. The Balaban J connectivity index is 2.44. The Morgan fingerprint density at radius 2 is 1.56 bits per heavy atom. The molecule has 0 spiro atoms. The number of hydrogen-bond donors (Lipinski definition) is 0. The predicted molar refractivity (Wildman–Crippen MR) is 121 cm³/mol. The van der Waals surface area contributed by atoms with Crippen LogP contribution in [0, 0.1) is 12.8 Å². The molecular weight excluding hydrogens is 450 g/mol. The number of methoxy groups -OCH3 is 2. The third kappa shape index (κ3) is 4.27. The van der Waals surface area contributed by atoms with Gasteiger partial charge in [0, 0.05) is 4.90 Å². The number of sulfonamides is 1. The number of ether oxygens (including phenoxy) is 2. The molecule has 2 aromatic rings. The van der Waals surface area contributed by atoms with Crippen molar-refractivity contribution in [1.29, 1.82) is 0 Å². The molecule has 9 heteroatoms. The van der Waals surface area contributed by atoms with E-state index < -0.39 is 28.0 Å². The van der Waals surface area contributed by atoms with E-state index in [0.29, 0.717) is 10.5 Å². The molecule has 0 saturated heterocycles. The van der Waals surface area contributed by atoms with Gasteiger partial charge in [-0.2, -0.15) is 0 Å². The van der Waals surface area contributed by atoms with Gasteiger partial charge in [0.05, 0.1) is 25.2 Å². The molecule has 32 heavy (non-hydrogen) atoms. The van der Waals surface area contributed by atoms with E-state index in [0.717, 1.165) is 28.7 Å². The summed E-state index contributed by atoms with van der Waals surface area (Å²) in [4.78, 5) is 26.3. The number of nitrogens with zero attached hydrogens (tertiary/aromatic N) is 1. The van der Waals surface area contributed by atoms with Gasteiger partial charge in [0.1, 0.15) is 4.91 Å². The summed E-state index contributed by atoms with van der Waals surface area (Å²) in [6.07, 6.45) is 0. The molecule has 1 aliphatic heterocycles. The van der Waals surface area contributed by atoms with Crippen LogP contribution in [0.5, 0.6) is 0 Å². The highest BCUT2D eigenvalue weighted by atomic mass is 32.2. The van der Waals surface area contributed by atoms with Crippen LogP contribution in [0.3, 0.4) is 0 Å². The number of fused-ring (bicyclic) bond motifs is 1. The van der Waals surface area contributed by atoms with Crippen molar-refractivity contribution in [2.75, 3.05) is 14.2 Å². The maximum Gasteiger partial charge on any atom is 0.356 e. The lowest BCUT2D eigenvalue weighted by Gasteiger charge is -2.35. The lowest BCUT2D eigenvalue weighted by atomic mass is 9.95. The van der Waals surface area contributed by atoms with Crippen LogP contribution in [0.2, 0.25) is 0 Å². The molecule has 0 aromatic heterocycles. The topological polar surface area (TPSA) is 90.0 Å². The van der Waals surface area contributed by atoms with E-state index >= 15 is 0 Å². The van der Waals surface area contributed by atoms with Crippen LogP contribution in [-0.2, 0) is 29.1 Å². The molecular formula is C23H25NO6S2. The average Bonchev–Trinajstić information content (AvgIpc) is 2.93. The van der Waals surface area contributed by atoms with Gasteiger partial charge >= 0.3 is 11.9 Å². The van der Waals surface area contributed by atoms with Gasteiger partial charge in [0.15, 0.2) is 5.70 Å². The minimum Gasteiger partial charge on any atom is -0.465 e. The maximum absolute atomic E-state index is 14.0. The molecule has 0 aliphatic carbocycles. The van der Waals surface area contributed by atoms with Gasteiger partial charge in [-0.05, 0) is 36.6 Å².